The van der Waals surface area contributed by atoms with E-state index < -0.39 is 20.8 Å². The fourth-order valence-electron chi connectivity index (χ4n) is 4.47. The van der Waals surface area contributed by atoms with E-state index in [1.807, 2.05) is 0 Å². The average Bonchev–Trinajstić information content (AvgIpc) is 2.90. The quantitative estimate of drug-likeness (QED) is 0.0401. The van der Waals surface area contributed by atoms with Crippen molar-refractivity contribution in [3.63, 3.8) is 0 Å². The van der Waals surface area contributed by atoms with E-state index in [0.717, 1.165) is 51.4 Å². The van der Waals surface area contributed by atoms with Crippen LogP contribution in [0.3, 0.4) is 0 Å². The van der Waals surface area contributed by atoms with Gasteiger partial charge in [0, 0.05) is 0 Å². The van der Waals surface area contributed by atoms with Crippen LogP contribution in [0.15, 0.2) is 0 Å². The van der Waals surface area contributed by atoms with Crippen LogP contribution in [-0.2, 0) is 43.4 Å². The smallest absolute Gasteiger partial charge is 0.726 e. The van der Waals surface area contributed by atoms with Crippen LogP contribution >= 0.6 is 0 Å². The van der Waals surface area contributed by atoms with E-state index in [1.165, 1.54) is 64.2 Å². The molecule has 0 aromatic rings. The van der Waals surface area contributed by atoms with Gasteiger partial charge in [0.15, 0.2) is 0 Å². The summed E-state index contributed by atoms with van der Waals surface area (Å²) < 4.78 is 90.0. The Kier molecular flexibility index (Phi) is 38.2. The van der Waals surface area contributed by atoms with E-state index in [-0.39, 0.29) is 111 Å². The van der Waals surface area contributed by atoms with Gasteiger partial charge < -0.3 is 23.3 Å². The fraction of sp³-hybridized carbons (Fsp3) is 1.00. The van der Waals surface area contributed by atoms with Crippen LogP contribution in [0.5, 0.6) is 0 Å². The van der Waals surface area contributed by atoms with Crippen LogP contribution in [-0.4, -0.2) is 77.8 Å². The molecule has 0 saturated carbocycles. The zero-order chi connectivity index (χ0) is 30.7. The van der Waals surface area contributed by atoms with E-state index in [1.54, 1.807) is 0 Å². The molecule has 2 atom stereocenters. The Morgan fingerprint density at radius 2 is 0.791 bits per heavy atom. The molecule has 11 nitrogen and oxygen atoms in total. The molecule has 0 bridgehead atoms. The summed E-state index contributed by atoms with van der Waals surface area (Å²) >= 11 is 0. The van der Waals surface area contributed by atoms with Crippen molar-refractivity contribution in [2.75, 3.05) is 39.6 Å². The molecule has 0 aromatic heterocycles. The van der Waals surface area contributed by atoms with Crippen LogP contribution in [0.25, 0.3) is 0 Å². The molecule has 0 aromatic carbocycles. The summed E-state index contributed by atoms with van der Waals surface area (Å²) in [5, 5.41) is 0. The Balaban J connectivity index is -0.00000800. The molecule has 0 heterocycles. The predicted molar refractivity (Wildman–Crippen MR) is 156 cm³/mol. The third kappa shape index (κ3) is 39.7. The van der Waals surface area contributed by atoms with Gasteiger partial charge in [0.2, 0.25) is 20.8 Å². The summed E-state index contributed by atoms with van der Waals surface area (Å²) in [6.07, 6.45) is 19.5. The van der Waals surface area contributed by atoms with Crippen LogP contribution in [0.2, 0.25) is 0 Å². The molecule has 0 saturated heterocycles. The van der Waals surface area contributed by atoms with Crippen molar-refractivity contribution < 1.29 is 108 Å². The minimum atomic E-state index is -4.77. The van der Waals surface area contributed by atoms with Gasteiger partial charge in [-0.25, -0.2) is 16.8 Å². The minimum absolute atomic E-state index is 0. The topological polar surface area (TPSA) is 161 Å². The summed E-state index contributed by atoms with van der Waals surface area (Å²) in [5.74, 6) is 0. The Morgan fingerprint density at radius 1 is 0.488 bits per heavy atom. The second-order valence-corrected chi connectivity index (χ2v) is 12.6. The van der Waals surface area contributed by atoms with Crippen molar-refractivity contribution in [1.82, 2.24) is 0 Å². The molecule has 0 spiro atoms. The van der Waals surface area contributed by atoms with E-state index in [2.05, 4.69) is 22.2 Å². The van der Waals surface area contributed by atoms with Gasteiger partial charge in [-0.15, -0.1) is 0 Å². The van der Waals surface area contributed by atoms with Crippen molar-refractivity contribution >= 4 is 20.8 Å². The van der Waals surface area contributed by atoms with E-state index in [4.69, 9.17) is 14.2 Å². The predicted octanol–water partition coefficient (Wildman–Crippen LogP) is -0.203. The van der Waals surface area contributed by atoms with Gasteiger partial charge in [0.25, 0.3) is 0 Å². The zero-order valence-electron chi connectivity index (χ0n) is 27.4. The summed E-state index contributed by atoms with van der Waals surface area (Å²) in [5.41, 5.74) is 0. The maximum atomic E-state index is 10.7. The number of rotatable bonds is 32. The van der Waals surface area contributed by atoms with Crippen molar-refractivity contribution in [3.05, 3.63) is 0 Å². The molecule has 0 N–H and O–H groups in total. The molecule has 15 heteroatoms. The van der Waals surface area contributed by atoms with Crippen molar-refractivity contribution in [1.29, 1.82) is 0 Å². The molecule has 0 radical (unpaired) electrons. The maximum Gasteiger partial charge on any atom is 1.00 e. The first-order valence-corrected chi connectivity index (χ1v) is 18.3. The first-order chi connectivity index (χ1) is 19.6. The molecule has 0 aliphatic rings. The minimum Gasteiger partial charge on any atom is -0.726 e. The summed E-state index contributed by atoms with van der Waals surface area (Å²) in [7, 11) is -9.54. The van der Waals surface area contributed by atoms with Gasteiger partial charge >= 0.3 is 59.1 Å². The SMILES string of the molecule is CCCCCCCCCCC(COCC(CCCCCCCCCC)OCCOS(=O)(=O)[O-])OCCOS(=O)(=O)[O-].[Na+].[Na+]. The number of ether oxygens (including phenoxy) is 3. The molecule has 0 amide bonds. The van der Waals surface area contributed by atoms with Gasteiger partial charge in [-0.3, -0.25) is 8.37 Å². The number of unbranched alkanes of at least 4 members (excludes halogenated alkanes) is 14. The monoisotopic (exact) mass is 678 g/mol. The fourth-order valence-corrected chi connectivity index (χ4v) is 5.02. The molecular formula is C28H56Na2O11S2. The number of hydrogen-bond donors (Lipinski definition) is 0. The third-order valence-corrected chi connectivity index (χ3v) is 7.61. The average molecular weight is 679 g/mol. The molecule has 2 unspecified atom stereocenters. The summed E-state index contributed by atoms with van der Waals surface area (Å²) in [6.45, 7) is 4.09. The van der Waals surface area contributed by atoms with Crippen molar-refractivity contribution in [2.24, 2.45) is 0 Å². The molecule has 0 rings (SSSR count). The molecular weight excluding hydrogens is 622 g/mol. The first kappa shape index (κ1) is 49.0. The Hall–Kier alpha value is 1.62. The Labute approximate surface area is 307 Å². The summed E-state index contributed by atoms with van der Waals surface area (Å²) in [4.78, 5) is 0. The van der Waals surface area contributed by atoms with Gasteiger partial charge in [0.05, 0.1) is 51.8 Å². The van der Waals surface area contributed by atoms with Crippen LogP contribution < -0.4 is 59.1 Å². The second kappa shape index (κ2) is 33.5. The standard InChI is InChI=1S/C28H58O11S2.2Na/c1-3-5-7-9-11-13-15-17-19-27(36-21-23-38-40(29,30)31)25-35-26-28(37-22-24-39-41(32,33)34)20-18-16-14-12-10-8-6-4-2;;/h27-28H,3-26H2,1-2H3,(H,29,30,31)(H,32,33,34);;/q;2*+1/p-2. The van der Waals surface area contributed by atoms with E-state index in [0.29, 0.717) is 0 Å². The first-order valence-electron chi connectivity index (χ1n) is 15.6. The van der Waals surface area contributed by atoms with Gasteiger partial charge in [0.1, 0.15) is 0 Å². The third-order valence-electron chi connectivity index (χ3n) is 6.70. The van der Waals surface area contributed by atoms with E-state index in [9.17, 15) is 25.9 Å². The molecule has 0 aliphatic heterocycles. The molecule has 0 aliphatic carbocycles. The largest absolute Gasteiger partial charge is 1.00 e. The molecule has 0 fully saturated rings. The van der Waals surface area contributed by atoms with Gasteiger partial charge in [-0.2, -0.15) is 0 Å². The number of hydrogen-bond acceptors (Lipinski definition) is 11. The summed E-state index contributed by atoms with van der Waals surface area (Å²) in [6, 6.07) is 0. The van der Waals surface area contributed by atoms with Crippen LogP contribution in [0, 0.1) is 0 Å². The second-order valence-electron chi connectivity index (χ2n) is 10.5. The van der Waals surface area contributed by atoms with Crippen LogP contribution in [0.1, 0.15) is 129 Å². The normalized spacial score (nSPS) is 13.3. The van der Waals surface area contributed by atoms with Crippen LogP contribution in [0.4, 0.5) is 0 Å². The maximum absolute atomic E-state index is 10.7. The van der Waals surface area contributed by atoms with Crippen molar-refractivity contribution in [2.45, 2.75) is 142 Å². The van der Waals surface area contributed by atoms with Gasteiger partial charge in [-0.1, -0.05) is 117 Å². The van der Waals surface area contributed by atoms with Gasteiger partial charge in [-0.05, 0) is 12.8 Å². The molecule has 248 valence electrons. The molecule has 43 heavy (non-hydrogen) atoms. The van der Waals surface area contributed by atoms with Crippen molar-refractivity contribution in [3.8, 4) is 0 Å². The van der Waals surface area contributed by atoms with E-state index >= 15 is 0 Å². The Bertz CT molecular complexity index is 724. The Morgan fingerprint density at radius 3 is 1.09 bits per heavy atom. The zero-order valence-corrected chi connectivity index (χ0v) is 33.1.